The number of carbonyl (C=O) groups is 1. The van der Waals surface area contributed by atoms with Crippen molar-refractivity contribution in [2.75, 3.05) is 6.61 Å². The van der Waals surface area contributed by atoms with Crippen LogP contribution in [0.2, 0.25) is 0 Å². The smallest absolute Gasteiger partial charge is 0.351 e. The molecule has 1 unspecified atom stereocenters. The predicted molar refractivity (Wildman–Crippen MR) is 88.1 cm³/mol. The Bertz CT molecular complexity index is 874. The highest BCUT2D eigenvalue weighted by Crippen LogP contribution is 2.31. The van der Waals surface area contributed by atoms with Gasteiger partial charge in [-0.15, -0.1) is 0 Å². The number of hydrogen-bond donors (Lipinski definition) is 0. The lowest BCUT2D eigenvalue weighted by Crippen LogP contribution is -2.37. The molecule has 2 aromatic carbocycles. The van der Waals surface area contributed by atoms with Gasteiger partial charge in [0.15, 0.2) is 17.3 Å². The molecule has 0 amide bonds. The van der Waals surface area contributed by atoms with Gasteiger partial charge in [-0.05, 0) is 12.1 Å². The van der Waals surface area contributed by atoms with Crippen molar-refractivity contribution in [2.45, 2.75) is 12.7 Å². The quantitative estimate of drug-likeness (QED) is 0.681. The van der Waals surface area contributed by atoms with Gasteiger partial charge in [-0.3, -0.25) is 0 Å². The molecule has 0 bridgehead atoms. The zero-order chi connectivity index (χ0) is 17.1. The maximum Gasteiger partial charge on any atom is 0.351 e. The van der Waals surface area contributed by atoms with E-state index in [9.17, 15) is 4.79 Å². The molecule has 0 aliphatic carbocycles. The maximum atomic E-state index is 12.2. The highest BCUT2D eigenvalue weighted by Gasteiger charge is 2.28. The number of rotatable bonds is 4. The third-order valence-corrected chi connectivity index (χ3v) is 3.75. The summed E-state index contributed by atoms with van der Waals surface area (Å²) in [5.74, 6) is 1.27. The number of aromatic nitrogens is 1. The monoisotopic (exact) mass is 337 g/mol. The van der Waals surface area contributed by atoms with E-state index in [1.54, 1.807) is 18.2 Å². The van der Waals surface area contributed by atoms with Crippen LogP contribution in [0.25, 0.3) is 11.3 Å². The Labute approximate surface area is 143 Å². The van der Waals surface area contributed by atoms with E-state index in [1.807, 2.05) is 42.5 Å². The van der Waals surface area contributed by atoms with E-state index in [1.165, 1.54) is 0 Å². The van der Waals surface area contributed by atoms with Gasteiger partial charge in [0.2, 0.25) is 6.10 Å². The Morgan fingerprint density at radius 1 is 1.08 bits per heavy atom. The largest absolute Gasteiger partial charge is 0.485 e. The summed E-state index contributed by atoms with van der Waals surface area (Å²) in [6, 6.07) is 18.5. The van der Waals surface area contributed by atoms with Gasteiger partial charge in [0, 0.05) is 11.6 Å². The van der Waals surface area contributed by atoms with Gasteiger partial charge in [-0.2, -0.15) is 0 Å². The summed E-state index contributed by atoms with van der Waals surface area (Å²) in [6.07, 6.45) is -0.796. The molecule has 0 saturated carbocycles. The van der Waals surface area contributed by atoms with E-state index in [0.29, 0.717) is 23.0 Å². The van der Waals surface area contributed by atoms with Crippen LogP contribution in [0.1, 0.15) is 5.69 Å². The fourth-order valence-electron chi connectivity index (χ4n) is 2.49. The van der Waals surface area contributed by atoms with Crippen LogP contribution in [-0.4, -0.2) is 23.8 Å². The molecule has 1 aromatic heterocycles. The first-order chi connectivity index (χ1) is 12.3. The van der Waals surface area contributed by atoms with Crippen molar-refractivity contribution in [1.82, 2.24) is 5.16 Å². The molecule has 0 spiro atoms. The summed E-state index contributed by atoms with van der Waals surface area (Å²) in [6.45, 7) is 0.126. The van der Waals surface area contributed by atoms with Gasteiger partial charge < -0.3 is 18.7 Å². The van der Waals surface area contributed by atoms with Crippen molar-refractivity contribution in [3.63, 3.8) is 0 Å². The number of nitrogens with zero attached hydrogens (tertiary/aromatic N) is 1. The third kappa shape index (κ3) is 3.33. The molecule has 3 aromatic rings. The number of esters is 1. The van der Waals surface area contributed by atoms with E-state index in [-0.39, 0.29) is 13.2 Å². The van der Waals surface area contributed by atoms with Crippen LogP contribution >= 0.6 is 0 Å². The minimum absolute atomic E-state index is 0.0106. The topological polar surface area (TPSA) is 70.8 Å². The van der Waals surface area contributed by atoms with Crippen molar-refractivity contribution in [2.24, 2.45) is 0 Å². The highest BCUT2D eigenvalue weighted by atomic mass is 16.6. The van der Waals surface area contributed by atoms with Crippen LogP contribution in [0.15, 0.2) is 65.2 Å². The molecule has 0 radical (unpaired) electrons. The Hall–Kier alpha value is -3.28. The molecular weight excluding hydrogens is 322 g/mol. The summed E-state index contributed by atoms with van der Waals surface area (Å²) < 4.78 is 21.7. The highest BCUT2D eigenvalue weighted by molar-refractivity contribution is 5.76. The average molecular weight is 337 g/mol. The average Bonchev–Trinajstić information content (AvgIpc) is 3.15. The molecule has 4 rings (SSSR count). The number of benzene rings is 2. The van der Waals surface area contributed by atoms with Crippen molar-refractivity contribution in [3.05, 3.63) is 66.4 Å². The zero-order valence-corrected chi connectivity index (χ0v) is 13.3. The predicted octanol–water partition coefficient (Wildman–Crippen LogP) is 3.22. The number of para-hydroxylation sites is 2. The van der Waals surface area contributed by atoms with E-state index in [4.69, 9.17) is 18.7 Å². The van der Waals surface area contributed by atoms with Gasteiger partial charge in [0.25, 0.3) is 0 Å². The molecular formula is C19H15NO5. The van der Waals surface area contributed by atoms with Crippen LogP contribution in [-0.2, 0) is 16.1 Å². The van der Waals surface area contributed by atoms with Crippen molar-refractivity contribution < 1.29 is 23.5 Å². The number of hydrogen-bond acceptors (Lipinski definition) is 6. The Kier molecular flexibility index (Phi) is 4.08. The second-order valence-electron chi connectivity index (χ2n) is 5.52. The summed E-state index contributed by atoms with van der Waals surface area (Å²) >= 11 is 0. The summed E-state index contributed by atoms with van der Waals surface area (Å²) in [5, 5.41) is 3.92. The van der Waals surface area contributed by atoms with E-state index in [2.05, 4.69) is 5.16 Å². The molecule has 25 heavy (non-hydrogen) atoms. The van der Waals surface area contributed by atoms with Gasteiger partial charge >= 0.3 is 5.97 Å². The molecule has 1 atom stereocenters. The minimum atomic E-state index is -0.796. The van der Waals surface area contributed by atoms with Crippen molar-refractivity contribution in [1.29, 1.82) is 0 Å². The van der Waals surface area contributed by atoms with Crippen LogP contribution in [0.3, 0.4) is 0 Å². The zero-order valence-electron chi connectivity index (χ0n) is 13.3. The molecule has 0 N–H and O–H groups in total. The van der Waals surface area contributed by atoms with Gasteiger partial charge in [0.1, 0.15) is 18.9 Å². The normalized spacial score (nSPS) is 15.6. The second kappa shape index (κ2) is 6.68. The maximum absolute atomic E-state index is 12.2. The number of fused-ring (bicyclic) bond motifs is 1. The van der Waals surface area contributed by atoms with Crippen LogP contribution < -0.4 is 9.47 Å². The lowest BCUT2D eigenvalue weighted by atomic mass is 10.2. The molecule has 1 aliphatic rings. The standard InChI is InChI=1S/C19H15NO5/c21-19(18-12-22-15-8-4-5-9-16(15)24-18)23-11-14-10-17(25-20-14)13-6-2-1-3-7-13/h1-10,18H,11-12H2. The first kappa shape index (κ1) is 15.3. The molecule has 0 saturated heterocycles. The fraction of sp³-hybridized carbons (Fsp3) is 0.158. The van der Waals surface area contributed by atoms with Crippen LogP contribution in [0.4, 0.5) is 0 Å². The van der Waals surface area contributed by atoms with Crippen LogP contribution in [0.5, 0.6) is 11.5 Å². The lowest BCUT2D eigenvalue weighted by Gasteiger charge is -2.24. The van der Waals surface area contributed by atoms with Gasteiger partial charge in [0.05, 0.1) is 0 Å². The molecule has 2 heterocycles. The molecule has 1 aliphatic heterocycles. The van der Waals surface area contributed by atoms with E-state index < -0.39 is 12.1 Å². The lowest BCUT2D eigenvalue weighted by molar-refractivity contribution is -0.156. The molecule has 6 nitrogen and oxygen atoms in total. The Morgan fingerprint density at radius 3 is 2.68 bits per heavy atom. The van der Waals surface area contributed by atoms with Crippen molar-refractivity contribution in [3.8, 4) is 22.8 Å². The third-order valence-electron chi connectivity index (χ3n) is 3.75. The minimum Gasteiger partial charge on any atom is -0.485 e. The van der Waals surface area contributed by atoms with Crippen LogP contribution in [0, 0.1) is 0 Å². The Morgan fingerprint density at radius 2 is 1.84 bits per heavy atom. The van der Waals surface area contributed by atoms with Gasteiger partial charge in [-0.1, -0.05) is 47.6 Å². The molecule has 6 heteroatoms. The van der Waals surface area contributed by atoms with E-state index >= 15 is 0 Å². The summed E-state index contributed by atoms with van der Waals surface area (Å²) in [4.78, 5) is 12.2. The van der Waals surface area contributed by atoms with Gasteiger partial charge in [-0.25, -0.2) is 4.79 Å². The summed E-state index contributed by atoms with van der Waals surface area (Å²) in [5.41, 5.74) is 1.44. The number of carbonyl (C=O) groups excluding carboxylic acids is 1. The first-order valence-electron chi connectivity index (χ1n) is 7.86. The molecule has 0 fully saturated rings. The van der Waals surface area contributed by atoms with E-state index in [0.717, 1.165) is 5.56 Å². The first-order valence-corrected chi connectivity index (χ1v) is 7.86. The van der Waals surface area contributed by atoms with Crippen molar-refractivity contribution >= 4 is 5.97 Å². The fourth-order valence-corrected chi connectivity index (χ4v) is 2.49. The second-order valence-corrected chi connectivity index (χ2v) is 5.52. The molecule has 126 valence electrons. The number of ether oxygens (including phenoxy) is 3. The Balaban J connectivity index is 1.36. The SMILES string of the molecule is O=C(OCc1cc(-c2ccccc2)on1)C1COc2ccccc2O1. The summed E-state index contributed by atoms with van der Waals surface area (Å²) in [7, 11) is 0.